The number of aryl methyl sites for hydroxylation is 4. The Morgan fingerprint density at radius 1 is 0.867 bits per heavy atom. The summed E-state index contributed by atoms with van der Waals surface area (Å²) < 4.78 is 0. The van der Waals surface area contributed by atoms with Crippen LogP contribution in [0.1, 0.15) is 47.6 Å². The van der Waals surface area contributed by atoms with E-state index in [9.17, 15) is 9.59 Å². The third kappa shape index (κ3) is 3.55. The zero-order valence-electron chi connectivity index (χ0n) is 18.6. The van der Waals surface area contributed by atoms with Gasteiger partial charge in [-0.15, -0.1) is 0 Å². The molecule has 2 amide bonds. The summed E-state index contributed by atoms with van der Waals surface area (Å²) in [6.07, 6.45) is 2.20. The number of rotatable bonds is 3. The van der Waals surface area contributed by atoms with Crippen LogP contribution in [0.4, 0.5) is 5.69 Å². The van der Waals surface area contributed by atoms with Crippen LogP contribution in [0.5, 0.6) is 0 Å². The summed E-state index contributed by atoms with van der Waals surface area (Å²) in [5.41, 5.74) is 6.97. The van der Waals surface area contributed by atoms with E-state index in [1.54, 1.807) is 0 Å². The van der Waals surface area contributed by atoms with Gasteiger partial charge in [-0.1, -0.05) is 31.2 Å². The molecule has 0 bridgehead atoms. The second-order valence-corrected chi connectivity index (χ2v) is 9.01. The molecule has 30 heavy (non-hydrogen) atoms. The van der Waals surface area contributed by atoms with Crippen molar-refractivity contribution in [2.45, 2.75) is 47.5 Å². The number of likely N-dealkylation sites (tertiary alicyclic amines) is 1. The predicted molar refractivity (Wildman–Crippen MR) is 121 cm³/mol. The lowest BCUT2D eigenvalue weighted by Gasteiger charge is -2.33. The molecule has 1 fully saturated rings. The van der Waals surface area contributed by atoms with Crippen LogP contribution in [-0.4, -0.2) is 29.8 Å². The van der Waals surface area contributed by atoms with E-state index in [-0.39, 0.29) is 11.8 Å². The largest absolute Gasteiger partial charge is 0.366 e. The molecule has 1 unspecified atom stereocenters. The number of piperidine rings is 1. The highest BCUT2D eigenvalue weighted by Crippen LogP contribution is 2.37. The zero-order valence-corrected chi connectivity index (χ0v) is 18.6. The van der Waals surface area contributed by atoms with Crippen molar-refractivity contribution in [2.24, 2.45) is 5.92 Å². The predicted octanol–water partition coefficient (Wildman–Crippen LogP) is 4.94. The minimum Gasteiger partial charge on any atom is -0.366 e. The topological polar surface area (TPSA) is 40.6 Å². The summed E-state index contributed by atoms with van der Waals surface area (Å²) in [5.74, 6) is 0.0826. The average molecular weight is 403 g/mol. The molecule has 2 aliphatic heterocycles. The number of hydrogen-bond donors (Lipinski definition) is 0. The van der Waals surface area contributed by atoms with Crippen LogP contribution in [-0.2, 0) is 9.59 Å². The van der Waals surface area contributed by atoms with E-state index >= 15 is 0 Å². The second-order valence-electron chi connectivity index (χ2n) is 9.01. The van der Waals surface area contributed by atoms with Crippen LogP contribution in [0.2, 0.25) is 0 Å². The third-order valence-corrected chi connectivity index (χ3v) is 6.29. The molecule has 1 atom stereocenters. The number of benzene rings is 2. The molecule has 2 aliphatic rings. The van der Waals surface area contributed by atoms with Gasteiger partial charge >= 0.3 is 0 Å². The highest BCUT2D eigenvalue weighted by Gasteiger charge is 2.43. The van der Waals surface area contributed by atoms with Gasteiger partial charge < -0.3 is 4.90 Å². The molecule has 0 saturated carbocycles. The summed E-state index contributed by atoms with van der Waals surface area (Å²) in [4.78, 5) is 30.9. The summed E-state index contributed by atoms with van der Waals surface area (Å²) in [5, 5.41) is 0. The number of hydrogen-bond acceptors (Lipinski definition) is 3. The molecule has 1 saturated heterocycles. The lowest BCUT2D eigenvalue weighted by Crippen LogP contribution is -2.39. The van der Waals surface area contributed by atoms with Crippen molar-refractivity contribution >= 4 is 23.1 Å². The number of anilines is 1. The molecular formula is C26H30N2O2. The fraction of sp³-hybridized carbons (Fsp3) is 0.385. The fourth-order valence-electron chi connectivity index (χ4n) is 4.68. The summed E-state index contributed by atoms with van der Waals surface area (Å²) >= 11 is 0. The maximum Gasteiger partial charge on any atom is 0.282 e. The van der Waals surface area contributed by atoms with Crippen molar-refractivity contribution in [3.63, 3.8) is 0 Å². The van der Waals surface area contributed by atoms with E-state index in [0.717, 1.165) is 48.2 Å². The normalized spacial score (nSPS) is 19.8. The van der Waals surface area contributed by atoms with Gasteiger partial charge in [-0.2, -0.15) is 0 Å². The van der Waals surface area contributed by atoms with Gasteiger partial charge in [0.25, 0.3) is 11.8 Å². The van der Waals surface area contributed by atoms with Gasteiger partial charge in [-0.3, -0.25) is 9.59 Å². The first-order valence-electron chi connectivity index (χ1n) is 10.8. The first-order chi connectivity index (χ1) is 14.3. The second kappa shape index (κ2) is 7.75. The van der Waals surface area contributed by atoms with Crippen LogP contribution >= 0.6 is 0 Å². The quantitative estimate of drug-likeness (QED) is 0.683. The van der Waals surface area contributed by atoms with Crippen molar-refractivity contribution < 1.29 is 9.59 Å². The minimum absolute atomic E-state index is 0.202. The van der Waals surface area contributed by atoms with Gasteiger partial charge in [0.2, 0.25) is 0 Å². The molecule has 2 heterocycles. The Kier molecular flexibility index (Phi) is 5.27. The van der Waals surface area contributed by atoms with Crippen molar-refractivity contribution in [3.8, 4) is 0 Å². The van der Waals surface area contributed by atoms with Crippen LogP contribution in [0.15, 0.2) is 42.1 Å². The van der Waals surface area contributed by atoms with Crippen LogP contribution in [0.25, 0.3) is 5.57 Å². The van der Waals surface area contributed by atoms with Crippen molar-refractivity contribution in [2.75, 3.05) is 18.0 Å². The van der Waals surface area contributed by atoms with Crippen molar-refractivity contribution in [1.82, 2.24) is 4.90 Å². The Balaban J connectivity index is 1.86. The SMILES string of the molecule is Cc1cc(C)cc(N2C(=O)C(c3ccc(C)c(C)c3)=C(N3CCCC(C)C3)C2=O)c1. The first-order valence-corrected chi connectivity index (χ1v) is 10.8. The average Bonchev–Trinajstić information content (AvgIpc) is 2.93. The van der Waals surface area contributed by atoms with Crippen LogP contribution < -0.4 is 4.90 Å². The van der Waals surface area contributed by atoms with E-state index in [4.69, 9.17) is 0 Å². The number of amides is 2. The van der Waals surface area contributed by atoms with E-state index in [2.05, 4.69) is 24.8 Å². The molecular weight excluding hydrogens is 372 g/mol. The summed E-state index contributed by atoms with van der Waals surface area (Å²) in [6.45, 7) is 11.9. The lowest BCUT2D eigenvalue weighted by molar-refractivity contribution is -0.120. The minimum atomic E-state index is -0.221. The van der Waals surface area contributed by atoms with Gasteiger partial charge in [0.1, 0.15) is 5.70 Å². The number of carbonyl (C=O) groups excluding carboxylic acids is 2. The lowest BCUT2D eigenvalue weighted by atomic mass is 9.96. The van der Waals surface area contributed by atoms with Gasteiger partial charge in [0, 0.05) is 13.1 Å². The highest BCUT2D eigenvalue weighted by atomic mass is 16.2. The van der Waals surface area contributed by atoms with Gasteiger partial charge in [0.15, 0.2) is 0 Å². The van der Waals surface area contributed by atoms with E-state index in [0.29, 0.717) is 22.9 Å². The van der Waals surface area contributed by atoms with E-state index in [1.807, 2.05) is 51.1 Å². The number of nitrogens with zero attached hydrogens (tertiary/aromatic N) is 2. The smallest absolute Gasteiger partial charge is 0.282 e. The van der Waals surface area contributed by atoms with Gasteiger partial charge in [-0.05, 0) is 86.4 Å². The molecule has 4 heteroatoms. The Morgan fingerprint density at radius 3 is 2.20 bits per heavy atom. The monoisotopic (exact) mass is 402 g/mol. The third-order valence-electron chi connectivity index (χ3n) is 6.29. The van der Waals surface area contributed by atoms with Crippen LogP contribution in [0, 0.1) is 33.6 Å². The van der Waals surface area contributed by atoms with Crippen molar-refractivity contribution in [3.05, 3.63) is 69.9 Å². The molecule has 0 N–H and O–H groups in total. The van der Waals surface area contributed by atoms with Gasteiger partial charge in [0.05, 0.1) is 11.3 Å². The first kappa shape index (κ1) is 20.4. The molecule has 0 spiro atoms. The van der Waals surface area contributed by atoms with E-state index in [1.165, 1.54) is 10.5 Å². The molecule has 0 aromatic heterocycles. The molecule has 2 aromatic carbocycles. The molecule has 4 nitrogen and oxygen atoms in total. The Morgan fingerprint density at radius 2 is 1.57 bits per heavy atom. The molecule has 156 valence electrons. The standard InChI is InChI=1S/C26H30N2O2/c1-16-7-6-10-27(15-16)24-23(21-9-8-19(4)20(5)14-21)25(29)28(26(24)30)22-12-17(2)11-18(3)13-22/h8-9,11-14,16H,6-7,10,15H2,1-5H3. The van der Waals surface area contributed by atoms with Gasteiger partial charge in [-0.25, -0.2) is 4.90 Å². The van der Waals surface area contributed by atoms with Crippen molar-refractivity contribution in [1.29, 1.82) is 0 Å². The maximum absolute atomic E-state index is 13.7. The molecule has 4 rings (SSSR count). The maximum atomic E-state index is 13.7. The zero-order chi connectivity index (χ0) is 21.6. The number of imide groups is 1. The Labute approximate surface area is 179 Å². The van der Waals surface area contributed by atoms with Crippen LogP contribution in [0.3, 0.4) is 0 Å². The summed E-state index contributed by atoms with van der Waals surface area (Å²) in [6, 6.07) is 11.9. The molecule has 0 radical (unpaired) electrons. The number of carbonyl (C=O) groups is 2. The fourth-order valence-corrected chi connectivity index (χ4v) is 4.68. The molecule has 2 aromatic rings. The molecule has 0 aliphatic carbocycles. The van der Waals surface area contributed by atoms with E-state index < -0.39 is 0 Å². The Bertz CT molecular complexity index is 1050. The summed E-state index contributed by atoms with van der Waals surface area (Å²) in [7, 11) is 0. The Hall–Kier alpha value is -2.88. The highest BCUT2D eigenvalue weighted by molar-refractivity contribution is 6.45.